The predicted molar refractivity (Wildman–Crippen MR) is 91.1 cm³/mol. The van der Waals surface area contributed by atoms with E-state index >= 15 is 0 Å². The molecule has 1 saturated carbocycles. The number of fused-ring (bicyclic) bond motifs is 1. The highest BCUT2D eigenvalue weighted by Gasteiger charge is 2.52. The van der Waals surface area contributed by atoms with Crippen LogP contribution in [0.2, 0.25) is 0 Å². The van der Waals surface area contributed by atoms with Crippen molar-refractivity contribution in [1.29, 1.82) is 0 Å². The van der Waals surface area contributed by atoms with Gasteiger partial charge in [-0.3, -0.25) is 4.79 Å². The molecule has 0 aliphatic heterocycles. The fraction of sp³-hybridized carbons (Fsp3) is 0.211. The summed E-state index contributed by atoms with van der Waals surface area (Å²) in [5.74, 6) is 0.600. The maximum absolute atomic E-state index is 12.5. The van der Waals surface area contributed by atoms with Gasteiger partial charge in [-0.05, 0) is 30.5 Å². The number of hydrogen-bond acceptors (Lipinski definition) is 5. The van der Waals surface area contributed by atoms with Crippen LogP contribution in [0.25, 0.3) is 10.9 Å². The minimum Gasteiger partial charge on any atom is -0.457 e. The Kier molecular flexibility index (Phi) is 3.41. The summed E-state index contributed by atoms with van der Waals surface area (Å²) in [4.78, 5) is 21.2. The fourth-order valence-electron chi connectivity index (χ4n) is 2.98. The summed E-state index contributed by atoms with van der Waals surface area (Å²) in [7, 11) is 0. The molecule has 1 aliphatic carbocycles. The van der Waals surface area contributed by atoms with Crippen LogP contribution in [-0.4, -0.2) is 15.9 Å². The summed E-state index contributed by atoms with van der Waals surface area (Å²) in [6.07, 6.45) is 1.63. The molecule has 2 aromatic carbocycles. The van der Waals surface area contributed by atoms with E-state index in [1.54, 1.807) is 0 Å². The second kappa shape index (κ2) is 5.60. The van der Waals surface area contributed by atoms with E-state index in [1.807, 2.05) is 54.6 Å². The number of ether oxygens (including phenoxy) is 1. The van der Waals surface area contributed by atoms with Gasteiger partial charge in [0.2, 0.25) is 0 Å². The van der Waals surface area contributed by atoms with E-state index in [0.717, 1.165) is 29.3 Å². The summed E-state index contributed by atoms with van der Waals surface area (Å²) in [6, 6.07) is 17.3. The number of esters is 1. The van der Waals surface area contributed by atoms with Crippen molar-refractivity contribution in [1.82, 2.24) is 9.97 Å². The summed E-state index contributed by atoms with van der Waals surface area (Å²) in [6.45, 7) is 0.0302. The standard InChI is InChI=1S/C19H17N3O2/c20-17-14-8-4-5-9-15(14)21-16(22-17)12-24-18(23)19(10-11-19)13-6-2-1-3-7-13/h1-9H,10-12H2,(H2,20,21,22). The molecule has 5 heteroatoms. The first-order chi connectivity index (χ1) is 11.7. The molecular weight excluding hydrogens is 302 g/mol. The number of carbonyl (C=O) groups is 1. The van der Waals surface area contributed by atoms with E-state index in [-0.39, 0.29) is 12.6 Å². The van der Waals surface area contributed by atoms with Gasteiger partial charge < -0.3 is 10.5 Å². The van der Waals surface area contributed by atoms with E-state index < -0.39 is 5.41 Å². The van der Waals surface area contributed by atoms with Gasteiger partial charge in [0.1, 0.15) is 5.82 Å². The fourth-order valence-corrected chi connectivity index (χ4v) is 2.98. The van der Waals surface area contributed by atoms with Crippen LogP contribution in [-0.2, 0) is 21.6 Å². The quantitative estimate of drug-likeness (QED) is 0.748. The Labute approximate surface area is 139 Å². The van der Waals surface area contributed by atoms with Gasteiger partial charge in [-0.2, -0.15) is 0 Å². The first-order valence-corrected chi connectivity index (χ1v) is 7.93. The molecule has 3 aromatic rings. The molecule has 1 aromatic heterocycles. The zero-order valence-electron chi connectivity index (χ0n) is 13.1. The van der Waals surface area contributed by atoms with Crippen molar-refractivity contribution in [3.8, 4) is 0 Å². The van der Waals surface area contributed by atoms with Gasteiger partial charge in [-0.1, -0.05) is 42.5 Å². The number of nitrogens with two attached hydrogens (primary N) is 1. The maximum atomic E-state index is 12.5. The van der Waals surface area contributed by atoms with Gasteiger partial charge in [-0.25, -0.2) is 9.97 Å². The number of anilines is 1. The van der Waals surface area contributed by atoms with Crippen molar-refractivity contribution in [3.63, 3.8) is 0 Å². The first-order valence-electron chi connectivity index (χ1n) is 7.93. The Bertz CT molecular complexity index is 905. The second-order valence-corrected chi connectivity index (χ2v) is 6.07. The first kappa shape index (κ1) is 14.6. The van der Waals surface area contributed by atoms with Gasteiger partial charge in [0, 0.05) is 5.39 Å². The number of carbonyl (C=O) groups excluding carboxylic acids is 1. The largest absolute Gasteiger partial charge is 0.457 e. The van der Waals surface area contributed by atoms with E-state index in [0.29, 0.717) is 11.6 Å². The molecular formula is C19H17N3O2. The van der Waals surface area contributed by atoms with Gasteiger partial charge >= 0.3 is 5.97 Å². The van der Waals surface area contributed by atoms with Crippen LogP contribution in [0.15, 0.2) is 54.6 Å². The molecule has 0 amide bonds. The zero-order chi connectivity index (χ0) is 16.6. The van der Waals surface area contributed by atoms with Crippen LogP contribution < -0.4 is 5.73 Å². The average Bonchev–Trinajstić information content (AvgIpc) is 3.42. The highest BCUT2D eigenvalue weighted by Crippen LogP contribution is 2.49. The Morgan fingerprint density at radius 1 is 1.04 bits per heavy atom. The average molecular weight is 319 g/mol. The van der Waals surface area contributed by atoms with Crippen molar-refractivity contribution in [2.45, 2.75) is 24.9 Å². The van der Waals surface area contributed by atoms with Crippen LogP contribution in [0.5, 0.6) is 0 Å². The van der Waals surface area contributed by atoms with Gasteiger partial charge in [0.05, 0.1) is 10.9 Å². The number of rotatable bonds is 4. The molecule has 2 N–H and O–H groups in total. The van der Waals surface area contributed by atoms with Crippen LogP contribution in [0.4, 0.5) is 5.82 Å². The van der Waals surface area contributed by atoms with E-state index in [2.05, 4.69) is 9.97 Å². The molecule has 24 heavy (non-hydrogen) atoms. The number of para-hydroxylation sites is 1. The van der Waals surface area contributed by atoms with E-state index in [4.69, 9.17) is 10.5 Å². The smallest absolute Gasteiger partial charge is 0.317 e. The SMILES string of the molecule is Nc1nc(COC(=O)C2(c3ccccc3)CC2)nc2ccccc12. The molecule has 4 rings (SSSR count). The maximum Gasteiger partial charge on any atom is 0.317 e. The Morgan fingerprint density at radius 3 is 2.50 bits per heavy atom. The molecule has 0 spiro atoms. The van der Waals surface area contributed by atoms with Crippen LogP contribution in [0.3, 0.4) is 0 Å². The summed E-state index contributed by atoms with van der Waals surface area (Å²) < 4.78 is 5.49. The van der Waals surface area contributed by atoms with Gasteiger partial charge in [-0.15, -0.1) is 0 Å². The molecule has 0 unspecified atom stereocenters. The monoisotopic (exact) mass is 319 g/mol. The lowest BCUT2D eigenvalue weighted by atomic mass is 9.96. The third kappa shape index (κ3) is 2.48. The summed E-state index contributed by atoms with van der Waals surface area (Å²) >= 11 is 0. The molecule has 0 radical (unpaired) electrons. The number of aromatic nitrogens is 2. The summed E-state index contributed by atoms with van der Waals surface area (Å²) in [5.41, 5.74) is 7.22. The van der Waals surface area contributed by atoms with E-state index in [9.17, 15) is 4.79 Å². The number of benzene rings is 2. The Balaban J connectivity index is 1.52. The van der Waals surface area contributed by atoms with Crippen molar-refractivity contribution in [2.75, 3.05) is 5.73 Å². The van der Waals surface area contributed by atoms with Crippen LogP contribution in [0.1, 0.15) is 24.2 Å². The zero-order valence-corrected chi connectivity index (χ0v) is 13.1. The van der Waals surface area contributed by atoms with Crippen molar-refractivity contribution in [2.24, 2.45) is 0 Å². The minimum absolute atomic E-state index is 0.0302. The second-order valence-electron chi connectivity index (χ2n) is 6.07. The van der Waals surface area contributed by atoms with Crippen molar-refractivity contribution in [3.05, 3.63) is 66.0 Å². The lowest BCUT2D eigenvalue weighted by Crippen LogP contribution is -2.23. The van der Waals surface area contributed by atoms with Crippen molar-refractivity contribution < 1.29 is 9.53 Å². The van der Waals surface area contributed by atoms with Crippen LogP contribution >= 0.6 is 0 Å². The molecule has 0 atom stereocenters. The van der Waals surface area contributed by atoms with Crippen LogP contribution in [0, 0.1) is 0 Å². The molecule has 1 aliphatic rings. The number of nitrogen functional groups attached to an aromatic ring is 1. The Hall–Kier alpha value is -2.95. The number of hydrogen-bond donors (Lipinski definition) is 1. The molecule has 0 bridgehead atoms. The molecule has 5 nitrogen and oxygen atoms in total. The topological polar surface area (TPSA) is 78.1 Å². The van der Waals surface area contributed by atoms with Crippen molar-refractivity contribution >= 4 is 22.7 Å². The lowest BCUT2D eigenvalue weighted by molar-refractivity contribution is -0.148. The van der Waals surface area contributed by atoms with E-state index in [1.165, 1.54) is 0 Å². The normalized spacial score (nSPS) is 15.2. The predicted octanol–water partition coefficient (Wildman–Crippen LogP) is 2.99. The highest BCUT2D eigenvalue weighted by molar-refractivity contribution is 5.88. The molecule has 1 heterocycles. The molecule has 120 valence electrons. The molecule has 0 saturated heterocycles. The van der Waals surface area contributed by atoms with Gasteiger partial charge in [0.25, 0.3) is 0 Å². The molecule has 1 fully saturated rings. The highest BCUT2D eigenvalue weighted by atomic mass is 16.5. The minimum atomic E-state index is -0.496. The Morgan fingerprint density at radius 2 is 1.75 bits per heavy atom. The van der Waals surface area contributed by atoms with Gasteiger partial charge in [0.15, 0.2) is 12.4 Å². The third-order valence-corrected chi connectivity index (χ3v) is 4.48. The number of nitrogens with zero attached hydrogens (tertiary/aromatic N) is 2. The third-order valence-electron chi connectivity index (χ3n) is 4.48. The summed E-state index contributed by atoms with van der Waals surface area (Å²) in [5, 5.41) is 0.801. The lowest BCUT2D eigenvalue weighted by Gasteiger charge is -2.14.